The second-order valence-electron chi connectivity index (χ2n) is 5.75. The van der Waals surface area contributed by atoms with Crippen molar-refractivity contribution in [3.05, 3.63) is 16.8 Å². The molecule has 0 radical (unpaired) electrons. The van der Waals surface area contributed by atoms with Crippen LogP contribution in [0.2, 0.25) is 0 Å². The number of thioether (sulfide) groups is 1. The molecule has 6 heteroatoms. The maximum Gasteiger partial charge on any atom is 0.166 e. The minimum absolute atomic E-state index is 0.164. The first-order chi connectivity index (χ1) is 11.2. The smallest absolute Gasteiger partial charge is 0.166 e. The molecule has 2 rings (SSSR count). The van der Waals surface area contributed by atoms with Gasteiger partial charge in [0.1, 0.15) is 11.6 Å². The maximum atomic E-state index is 9.57. The second kappa shape index (κ2) is 8.51. The number of aryl methyl sites for hydroxylation is 1. The second-order valence-corrected chi connectivity index (χ2v) is 7.48. The number of nitrogens with one attached hydrogen (secondary N) is 1. The molecule has 126 valence electrons. The summed E-state index contributed by atoms with van der Waals surface area (Å²) >= 11 is 1.98. The fourth-order valence-electron chi connectivity index (χ4n) is 3.08. The molecule has 1 aliphatic rings. The van der Waals surface area contributed by atoms with Gasteiger partial charge in [0.2, 0.25) is 0 Å². The molecule has 1 aliphatic heterocycles. The van der Waals surface area contributed by atoms with Gasteiger partial charge in [0.25, 0.3) is 0 Å². The first-order valence-corrected chi connectivity index (χ1v) is 9.42. The van der Waals surface area contributed by atoms with Crippen molar-refractivity contribution in [1.29, 1.82) is 5.26 Å². The molecule has 0 aliphatic carbocycles. The highest BCUT2D eigenvalue weighted by Gasteiger charge is 2.33. The summed E-state index contributed by atoms with van der Waals surface area (Å²) in [5.74, 6) is 1.71. The van der Waals surface area contributed by atoms with E-state index in [4.69, 9.17) is 4.74 Å². The van der Waals surface area contributed by atoms with Crippen molar-refractivity contribution < 1.29 is 4.74 Å². The van der Waals surface area contributed by atoms with Crippen LogP contribution in [0.1, 0.15) is 50.4 Å². The SMILES string of the molecule is CCSC1(CNc2nnc(CC)c(CC)c2C#N)CCOCC1. The third kappa shape index (κ3) is 4.15. The van der Waals surface area contributed by atoms with Crippen molar-refractivity contribution in [1.82, 2.24) is 10.2 Å². The van der Waals surface area contributed by atoms with Crippen LogP contribution in [0.25, 0.3) is 0 Å². The van der Waals surface area contributed by atoms with Crippen LogP contribution in [0.15, 0.2) is 0 Å². The Morgan fingerprint density at radius 3 is 2.52 bits per heavy atom. The first-order valence-electron chi connectivity index (χ1n) is 8.43. The molecule has 2 heterocycles. The molecule has 1 aromatic heterocycles. The van der Waals surface area contributed by atoms with E-state index in [1.807, 2.05) is 18.7 Å². The molecule has 0 aromatic carbocycles. The normalized spacial score (nSPS) is 16.8. The Bertz CT molecular complexity index is 559. The molecule has 1 saturated heterocycles. The summed E-state index contributed by atoms with van der Waals surface area (Å²) in [7, 11) is 0. The fourth-order valence-corrected chi connectivity index (χ4v) is 4.33. The molecule has 0 atom stereocenters. The molecule has 0 unspecified atom stereocenters. The Labute approximate surface area is 143 Å². The van der Waals surface area contributed by atoms with E-state index < -0.39 is 0 Å². The lowest BCUT2D eigenvalue weighted by Crippen LogP contribution is -2.40. The molecule has 1 aromatic rings. The van der Waals surface area contributed by atoms with E-state index in [2.05, 4.69) is 35.4 Å². The van der Waals surface area contributed by atoms with Crippen LogP contribution in [-0.2, 0) is 17.6 Å². The number of ether oxygens (including phenoxy) is 1. The topological polar surface area (TPSA) is 70.8 Å². The summed E-state index contributed by atoms with van der Waals surface area (Å²) in [4.78, 5) is 0. The lowest BCUT2D eigenvalue weighted by atomic mass is 9.98. The van der Waals surface area contributed by atoms with Crippen molar-refractivity contribution in [2.75, 3.05) is 30.8 Å². The van der Waals surface area contributed by atoms with Gasteiger partial charge in [0, 0.05) is 24.5 Å². The van der Waals surface area contributed by atoms with Crippen LogP contribution in [0.5, 0.6) is 0 Å². The van der Waals surface area contributed by atoms with Gasteiger partial charge in [-0.2, -0.15) is 22.1 Å². The van der Waals surface area contributed by atoms with E-state index in [1.54, 1.807) is 0 Å². The third-order valence-corrected chi connectivity index (χ3v) is 5.84. The summed E-state index contributed by atoms with van der Waals surface area (Å²) in [5, 5.41) is 21.6. The molecular formula is C17H26N4OS. The fraction of sp³-hybridized carbons (Fsp3) is 0.706. The van der Waals surface area contributed by atoms with Crippen molar-refractivity contribution in [3.63, 3.8) is 0 Å². The van der Waals surface area contributed by atoms with E-state index in [9.17, 15) is 5.26 Å². The standard InChI is InChI=1S/C17H26N4OS/c1-4-13-14(11-18)16(21-20-15(13)5-2)19-12-17(23-6-3)7-9-22-10-8-17/h4-10,12H2,1-3H3,(H,19,21). The Morgan fingerprint density at radius 2 is 1.96 bits per heavy atom. The number of anilines is 1. The zero-order chi connectivity index (χ0) is 16.7. The van der Waals surface area contributed by atoms with Crippen molar-refractivity contribution in [2.24, 2.45) is 0 Å². The van der Waals surface area contributed by atoms with Gasteiger partial charge >= 0.3 is 0 Å². The predicted octanol–water partition coefficient (Wildman–Crippen LogP) is 3.19. The Morgan fingerprint density at radius 1 is 1.22 bits per heavy atom. The number of hydrogen-bond acceptors (Lipinski definition) is 6. The van der Waals surface area contributed by atoms with Gasteiger partial charge < -0.3 is 10.1 Å². The van der Waals surface area contributed by atoms with Gasteiger partial charge in [0.05, 0.1) is 5.69 Å². The monoisotopic (exact) mass is 334 g/mol. The van der Waals surface area contributed by atoms with Crippen LogP contribution in [0.4, 0.5) is 5.82 Å². The molecule has 23 heavy (non-hydrogen) atoms. The summed E-state index contributed by atoms with van der Waals surface area (Å²) in [6.07, 6.45) is 3.67. The van der Waals surface area contributed by atoms with E-state index in [1.165, 1.54) is 0 Å². The minimum atomic E-state index is 0.164. The van der Waals surface area contributed by atoms with Crippen LogP contribution >= 0.6 is 11.8 Å². The van der Waals surface area contributed by atoms with Gasteiger partial charge in [-0.1, -0.05) is 20.8 Å². The van der Waals surface area contributed by atoms with Gasteiger partial charge in [-0.05, 0) is 37.0 Å². The predicted molar refractivity (Wildman–Crippen MR) is 94.9 cm³/mol. The number of nitrogens with zero attached hydrogens (tertiary/aromatic N) is 3. The summed E-state index contributed by atoms with van der Waals surface area (Å²) < 4.78 is 5.68. The van der Waals surface area contributed by atoms with E-state index >= 15 is 0 Å². The van der Waals surface area contributed by atoms with Crippen LogP contribution in [0, 0.1) is 11.3 Å². The van der Waals surface area contributed by atoms with Gasteiger partial charge in [-0.25, -0.2) is 0 Å². The number of rotatable bonds is 7. The number of aromatic nitrogens is 2. The molecule has 0 amide bonds. The Hall–Kier alpha value is -1.32. The van der Waals surface area contributed by atoms with Crippen molar-refractivity contribution >= 4 is 17.6 Å². The highest BCUT2D eigenvalue weighted by molar-refractivity contribution is 8.00. The average Bonchev–Trinajstić information content (AvgIpc) is 2.60. The molecule has 5 nitrogen and oxygen atoms in total. The molecule has 1 N–H and O–H groups in total. The van der Waals surface area contributed by atoms with Gasteiger partial charge in [-0.3, -0.25) is 0 Å². The highest BCUT2D eigenvalue weighted by Crippen LogP contribution is 2.35. The molecular weight excluding hydrogens is 308 g/mol. The lowest BCUT2D eigenvalue weighted by Gasteiger charge is -2.36. The molecule has 0 spiro atoms. The maximum absolute atomic E-state index is 9.57. The van der Waals surface area contributed by atoms with Crippen molar-refractivity contribution in [3.8, 4) is 6.07 Å². The number of hydrogen-bond donors (Lipinski definition) is 1. The Balaban J connectivity index is 2.20. The average molecular weight is 334 g/mol. The van der Waals surface area contributed by atoms with Gasteiger partial charge in [0.15, 0.2) is 5.82 Å². The lowest BCUT2D eigenvalue weighted by molar-refractivity contribution is 0.0801. The quantitative estimate of drug-likeness (QED) is 0.826. The molecule has 0 bridgehead atoms. The summed E-state index contributed by atoms with van der Waals surface area (Å²) in [6.45, 7) is 8.71. The molecule has 1 fully saturated rings. The largest absolute Gasteiger partial charge is 0.381 e. The number of nitriles is 1. The van der Waals surface area contributed by atoms with Crippen LogP contribution in [0.3, 0.4) is 0 Å². The van der Waals surface area contributed by atoms with E-state index in [-0.39, 0.29) is 4.75 Å². The van der Waals surface area contributed by atoms with E-state index in [0.717, 1.165) is 62.5 Å². The Kier molecular flexibility index (Phi) is 6.67. The molecule has 0 saturated carbocycles. The van der Waals surface area contributed by atoms with E-state index in [0.29, 0.717) is 11.4 Å². The van der Waals surface area contributed by atoms with Gasteiger partial charge in [-0.15, -0.1) is 5.10 Å². The summed E-state index contributed by atoms with van der Waals surface area (Å²) in [5.41, 5.74) is 2.61. The van der Waals surface area contributed by atoms with Crippen LogP contribution < -0.4 is 5.32 Å². The zero-order valence-corrected chi connectivity index (χ0v) is 15.1. The third-order valence-electron chi connectivity index (χ3n) is 4.39. The minimum Gasteiger partial charge on any atom is -0.381 e. The van der Waals surface area contributed by atoms with Crippen molar-refractivity contribution in [2.45, 2.75) is 51.2 Å². The highest BCUT2D eigenvalue weighted by atomic mass is 32.2. The summed E-state index contributed by atoms with van der Waals surface area (Å²) in [6, 6.07) is 2.33. The van der Waals surface area contributed by atoms with Crippen LogP contribution in [-0.4, -0.2) is 40.5 Å². The zero-order valence-electron chi connectivity index (χ0n) is 14.3. The first kappa shape index (κ1) is 18.0.